The second kappa shape index (κ2) is 5.50. The molecule has 2 unspecified atom stereocenters. The molecule has 3 rings (SSSR count). The van der Waals surface area contributed by atoms with Gasteiger partial charge < -0.3 is 10.6 Å². The lowest BCUT2D eigenvalue weighted by atomic mass is 10.0. The summed E-state index contributed by atoms with van der Waals surface area (Å²) >= 11 is 0. The summed E-state index contributed by atoms with van der Waals surface area (Å²) in [6.07, 6.45) is 1.65. The standard InChI is InChI=1S/C15H20FN3O/c1-17-15(20)14-9-18-7-8-19(14)13-6-5-10-11(13)3-2-4-12(10)16/h2-4,13-14,18H,5-9H2,1H3,(H,17,20). The minimum Gasteiger partial charge on any atom is -0.358 e. The number of likely N-dealkylation sites (N-methyl/N-ethyl adjacent to an activating group) is 1. The maximum atomic E-state index is 13.8. The molecule has 20 heavy (non-hydrogen) atoms. The lowest BCUT2D eigenvalue weighted by Crippen LogP contribution is -2.58. The van der Waals surface area contributed by atoms with E-state index in [4.69, 9.17) is 0 Å². The van der Waals surface area contributed by atoms with Gasteiger partial charge in [-0.25, -0.2) is 4.39 Å². The van der Waals surface area contributed by atoms with Crippen molar-refractivity contribution in [3.05, 3.63) is 35.1 Å². The third kappa shape index (κ3) is 2.21. The fraction of sp³-hybridized carbons (Fsp3) is 0.533. The third-order valence-electron chi connectivity index (χ3n) is 4.42. The maximum absolute atomic E-state index is 13.8. The Morgan fingerprint density at radius 3 is 3.15 bits per heavy atom. The molecule has 2 atom stereocenters. The van der Waals surface area contributed by atoms with Crippen LogP contribution in [0.5, 0.6) is 0 Å². The average Bonchev–Trinajstić information content (AvgIpc) is 2.92. The molecule has 1 fully saturated rings. The van der Waals surface area contributed by atoms with Gasteiger partial charge in [-0.1, -0.05) is 12.1 Å². The molecule has 2 N–H and O–H groups in total. The van der Waals surface area contributed by atoms with E-state index in [0.29, 0.717) is 6.54 Å². The van der Waals surface area contributed by atoms with E-state index < -0.39 is 0 Å². The number of piperazine rings is 1. The minimum absolute atomic E-state index is 0.0297. The van der Waals surface area contributed by atoms with Crippen molar-refractivity contribution in [1.82, 2.24) is 15.5 Å². The lowest BCUT2D eigenvalue weighted by molar-refractivity contribution is -0.127. The number of hydrogen-bond acceptors (Lipinski definition) is 3. The second-order valence-corrected chi connectivity index (χ2v) is 5.43. The van der Waals surface area contributed by atoms with Gasteiger partial charge in [0.15, 0.2) is 0 Å². The number of benzene rings is 1. The van der Waals surface area contributed by atoms with Gasteiger partial charge in [-0.3, -0.25) is 9.69 Å². The number of carbonyl (C=O) groups is 1. The molecule has 1 aliphatic heterocycles. The Morgan fingerprint density at radius 1 is 1.50 bits per heavy atom. The van der Waals surface area contributed by atoms with E-state index in [-0.39, 0.29) is 23.8 Å². The smallest absolute Gasteiger partial charge is 0.238 e. The first-order chi connectivity index (χ1) is 9.72. The van der Waals surface area contributed by atoms with Crippen LogP contribution < -0.4 is 10.6 Å². The molecule has 0 spiro atoms. The molecule has 0 radical (unpaired) electrons. The average molecular weight is 277 g/mol. The predicted molar refractivity (Wildman–Crippen MR) is 74.9 cm³/mol. The van der Waals surface area contributed by atoms with Crippen molar-refractivity contribution in [2.24, 2.45) is 0 Å². The summed E-state index contributed by atoms with van der Waals surface area (Å²) in [6.45, 7) is 2.34. The van der Waals surface area contributed by atoms with Crippen LogP contribution >= 0.6 is 0 Å². The lowest BCUT2D eigenvalue weighted by Gasteiger charge is -2.39. The van der Waals surface area contributed by atoms with Gasteiger partial charge >= 0.3 is 0 Å². The highest BCUT2D eigenvalue weighted by atomic mass is 19.1. The highest BCUT2D eigenvalue weighted by Crippen LogP contribution is 2.38. The summed E-state index contributed by atoms with van der Waals surface area (Å²) < 4.78 is 13.8. The molecular weight excluding hydrogens is 257 g/mol. The number of halogens is 1. The first kappa shape index (κ1) is 13.5. The number of fused-ring (bicyclic) bond motifs is 1. The van der Waals surface area contributed by atoms with Crippen LogP contribution in [0.1, 0.15) is 23.6 Å². The van der Waals surface area contributed by atoms with Gasteiger partial charge in [0.2, 0.25) is 5.91 Å². The molecule has 1 aromatic carbocycles. The zero-order valence-electron chi connectivity index (χ0n) is 11.7. The van der Waals surface area contributed by atoms with Crippen molar-refractivity contribution >= 4 is 5.91 Å². The third-order valence-corrected chi connectivity index (χ3v) is 4.42. The number of nitrogens with one attached hydrogen (secondary N) is 2. The summed E-state index contributed by atoms with van der Waals surface area (Å²) in [6, 6.07) is 5.27. The molecule has 4 nitrogen and oxygen atoms in total. The number of rotatable bonds is 2. The summed E-state index contributed by atoms with van der Waals surface area (Å²) in [5.41, 5.74) is 1.88. The van der Waals surface area contributed by atoms with Crippen LogP contribution in [-0.2, 0) is 11.2 Å². The van der Waals surface area contributed by atoms with Gasteiger partial charge in [-0.15, -0.1) is 0 Å². The number of carbonyl (C=O) groups excluding carboxylic acids is 1. The molecule has 1 amide bonds. The van der Waals surface area contributed by atoms with Crippen molar-refractivity contribution in [2.75, 3.05) is 26.7 Å². The molecule has 0 saturated carbocycles. The first-order valence-electron chi connectivity index (χ1n) is 7.17. The van der Waals surface area contributed by atoms with Gasteiger partial charge in [0.25, 0.3) is 0 Å². The summed E-state index contributed by atoms with van der Waals surface area (Å²) in [4.78, 5) is 14.3. The number of amides is 1. The molecule has 2 aliphatic rings. The fourth-order valence-electron chi connectivity index (χ4n) is 3.44. The Labute approximate surface area is 118 Å². The van der Waals surface area contributed by atoms with Gasteiger partial charge in [0, 0.05) is 32.7 Å². The molecule has 0 bridgehead atoms. The SMILES string of the molecule is CNC(=O)C1CNCCN1C1CCc2c(F)cccc21. The van der Waals surface area contributed by atoms with E-state index >= 15 is 0 Å². The predicted octanol–water partition coefficient (Wildman–Crippen LogP) is 0.833. The largest absolute Gasteiger partial charge is 0.358 e. The molecule has 1 saturated heterocycles. The van der Waals surface area contributed by atoms with E-state index in [1.165, 1.54) is 6.07 Å². The Morgan fingerprint density at radius 2 is 2.35 bits per heavy atom. The zero-order chi connectivity index (χ0) is 14.1. The normalized spacial score (nSPS) is 26.3. The van der Waals surface area contributed by atoms with Gasteiger partial charge in [0.1, 0.15) is 11.9 Å². The Hall–Kier alpha value is -1.46. The van der Waals surface area contributed by atoms with Gasteiger partial charge in [-0.05, 0) is 30.0 Å². The molecule has 5 heteroatoms. The van der Waals surface area contributed by atoms with Crippen molar-refractivity contribution in [3.63, 3.8) is 0 Å². The second-order valence-electron chi connectivity index (χ2n) is 5.43. The number of nitrogens with zero attached hydrogens (tertiary/aromatic N) is 1. The van der Waals surface area contributed by atoms with Crippen molar-refractivity contribution in [3.8, 4) is 0 Å². The molecule has 1 heterocycles. The van der Waals surface area contributed by atoms with Gasteiger partial charge in [-0.2, -0.15) is 0 Å². The Bertz CT molecular complexity index is 520. The fourth-order valence-corrected chi connectivity index (χ4v) is 3.44. The molecule has 0 aromatic heterocycles. The van der Waals surface area contributed by atoms with E-state index in [0.717, 1.165) is 37.1 Å². The van der Waals surface area contributed by atoms with E-state index in [2.05, 4.69) is 15.5 Å². The molecular formula is C15H20FN3O. The van der Waals surface area contributed by atoms with E-state index in [1.54, 1.807) is 13.1 Å². The van der Waals surface area contributed by atoms with Crippen LogP contribution in [0.2, 0.25) is 0 Å². The first-order valence-corrected chi connectivity index (χ1v) is 7.17. The van der Waals surface area contributed by atoms with Crippen LogP contribution in [0.15, 0.2) is 18.2 Å². The Balaban J connectivity index is 1.89. The molecule has 1 aliphatic carbocycles. The van der Waals surface area contributed by atoms with E-state index in [1.807, 2.05) is 6.07 Å². The summed E-state index contributed by atoms with van der Waals surface area (Å²) in [7, 11) is 1.66. The molecule has 1 aromatic rings. The van der Waals surface area contributed by atoms with Crippen LogP contribution in [0, 0.1) is 5.82 Å². The quantitative estimate of drug-likeness (QED) is 0.842. The number of hydrogen-bond donors (Lipinski definition) is 2. The molecule has 108 valence electrons. The zero-order valence-corrected chi connectivity index (χ0v) is 11.7. The van der Waals surface area contributed by atoms with E-state index in [9.17, 15) is 9.18 Å². The highest BCUT2D eigenvalue weighted by Gasteiger charge is 2.37. The van der Waals surface area contributed by atoms with Crippen LogP contribution in [0.25, 0.3) is 0 Å². The van der Waals surface area contributed by atoms with Crippen molar-refractivity contribution < 1.29 is 9.18 Å². The summed E-state index contributed by atoms with van der Waals surface area (Å²) in [5.74, 6) is -0.0846. The summed E-state index contributed by atoms with van der Waals surface area (Å²) in [5, 5.41) is 5.99. The Kier molecular flexibility index (Phi) is 3.72. The maximum Gasteiger partial charge on any atom is 0.238 e. The highest BCUT2D eigenvalue weighted by molar-refractivity contribution is 5.82. The topological polar surface area (TPSA) is 44.4 Å². The minimum atomic E-state index is -0.173. The van der Waals surface area contributed by atoms with Crippen LogP contribution in [0.3, 0.4) is 0 Å². The van der Waals surface area contributed by atoms with Gasteiger partial charge in [0.05, 0.1) is 0 Å². The monoisotopic (exact) mass is 277 g/mol. The van der Waals surface area contributed by atoms with Crippen molar-refractivity contribution in [1.29, 1.82) is 0 Å². The van der Waals surface area contributed by atoms with Crippen molar-refractivity contribution in [2.45, 2.75) is 24.9 Å². The van der Waals surface area contributed by atoms with Crippen LogP contribution in [0.4, 0.5) is 4.39 Å². The van der Waals surface area contributed by atoms with Crippen LogP contribution in [-0.4, -0.2) is 43.5 Å².